The van der Waals surface area contributed by atoms with Crippen LogP contribution >= 0.6 is 11.6 Å². The Hall–Kier alpha value is -1.80. The largest absolute Gasteiger partial charge is 0.497 e. The lowest BCUT2D eigenvalue weighted by molar-refractivity contribution is -0.113. The molecule has 2 nitrogen and oxygen atoms in total. The molecule has 0 aliphatic rings. The molecule has 0 amide bonds. The van der Waals surface area contributed by atoms with Gasteiger partial charge in [0.25, 0.3) is 0 Å². The molecular formula is C17H17ClO2. The fraction of sp³-hybridized carbons (Fsp3) is 0.235. The van der Waals surface area contributed by atoms with E-state index in [1.54, 1.807) is 7.11 Å². The molecule has 2 aromatic rings. The van der Waals surface area contributed by atoms with Crippen molar-refractivity contribution in [3.8, 4) is 5.75 Å². The van der Waals surface area contributed by atoms with Crippen LogP contribution in [0.1, 0.15) is 22.6 Å². The maximum atomic E-state index is 11.7. The first-order valence-corrected chi connectivity index (χ1v) is 6.87. The number of benzene rings is 2. The van der Waals surface area contributed by atoms with Crippen molar-refractivity contribution < 1.29 is 9.53 Å². The second-order valence-electron chi connectivity index (χ2n) is 4.76. The highest BCUT2D eigenvalue weighted by molar-refractivity contribution is 6.64. The van der Waals surface area contributed by atoms with E-state index in [0.717, 1.165) is 16.9 Å². The minimum absolute atomic E-state index is 0.330. The van der Waals surface area contributed by atoms with Gasteiger partial charge in [0, 0.05) is 0 Å². The normalized spacial score (nSPS) is 11.9. The van der Waals surface area contributed by atoms with Crippen molar-refractivity contribution in [2.24, 2.45) is 0 Å². The molecule has 0 saturated carbocycles. The Balaban J connectivity index is 2.27. The lowest BCUT2D eigenvalue weighted by atomic mass is 9.91. The van der Waals surface area contributed by atoms with Gasteiger partial charge in [0.2, 0.25) is 5.24 Å². The van der Waals surface area contributed by atoms with Gasteiger partial charge in [0.15, 0.2) is 0 Å². The van der Waals surface area contributed by atoms with Crippen molar-refractivity contribution in [1.82, 2.24) is 0 Å². The molecule has 0 fully saturated rings. The second-order valence-corrected chi connectivity index (χ2v) is 5.13. The number of rotatable bonds is 5. The van der Waals surface area contributed by atoms with Crippen molar-refractivity contribution in [2.45, 2.75) is 19.3 Å². The number of halogens is 1. The van der Waals surface area contributed by atoms with Crippen LogP contribution in [0, 0.1) is 6.92 Å². The van der Waals surface area contributed by atoms with Crippen molar-refractivity contribution in [3.05, 3.63) is 65.2 Å². The van der Waals surface area contributed by atoms with E-state index in [9.17, 15) is 4.79 Å². The van der Waals surface area contributed by atoms with Crippen LogP contribution in [0.5, 0.6) is 5.75 Å². The highest BCUT2D eigenvalue weighted by Gasteiger charge is 2.20. The molecule has 1 unspecified atom stereocenters. The lowest BCUT2D eigenvalue weighted by Crippen LogP contribution is -2.11. The number of carbonyl (C=O) groups is 1. The smallest absolute Gasteiger partial charge is 0.229 e. The van der Waals surface area contributed by atoms with E-state index in [2.05, 4.69) is 0 Å². The summed E-state index contributed by atoms with van der Waals surface area (Å²) in [5.74, 6) is 0.439. The van der Waals surface area contributed by atoms with Crippen LogP contribution in [0.3, 0.4) is 0 Å². The zero-order chi connectivity index (χ0) is 14.5. The zero-order valence-corrected chi connectivity index (χ0v) is 12.4. The number of hydrogen-bond acceptors (Lipinski definition) is 2. The van der Waals surface area contributed by atoms with E-state index in [1.165, 1.54) is 5.56 Å². The number of carbonyl (C=O) groups excluding carboxylic acids is 1. The van der Waals surface area contributed by atoms with Gasteiger partial charge < -0.3 is 4.74 Å². The fourth-order valence-electron chi connectivity index (χ4n) is 2.22. The molecule has 0 heterocycles. The Morgan fingerprint density at radius 2 is 1.80 bits per heavy atom. The molecule has 0 saturated heterocycles. The van der Waals surface area contributed by atoms with Crippen LogP contribution in [0.4, 0.5) is 0 Å². The average Bonchev–Trinajstić information content (AvgIpc) is 2.46. The Kier molecular flexibility index (Phi) is 4.80. The number of ether oxygens (including phenoxy) is 1. The van der Waals surface area contributed by atoms with E-state index in [-0.39, 0.29) is 11.2 Å². The van der Waals surface area contributed by atoms with Gasteiger partial charge in [0.05, 0.1) is 13.0 Å². The predicted molar refractivity (Wildman–Crippen MR) is 81.5 cm³/mol. The van der Waals surface area contributed by atoms with Gasteiger partial charge in [-0.15, -0.1) is 0 Å². The molecule has 2 rings (SSSR count). The van der Waals surface area contributed by atoms with Crippen LogP contribution in [-0.2, 0) is 11.2 Å². The summed E-state index contributed by atoms with van der Waals surface area (Å²) in [4.78, 5) is 11.7. The fourth-order valence-corrected chi connectivity index (χ4v) is 2.43. The van der Waals surface area contributed by atoms with E-state index in [0.29, 0.717) is 6.42 Å². The quantitative estimate of drug-likeness (QED) is 0.775. The van der Waals surface area contributed by atoms with E-state index in [4.69, 9.17) is 16.3 Å². The molecule has 0 aromatic heterocycles. The van der Waals surface area contributed by atoms with Gasteiger partial charge in [-0.25, -0.2) is 0 Å². The Bertz CT molecular complexity index is 590. The molecule has 104 valence electrons. The Morgan fingerprint density at radius 3 is 2.35 bits per heavy atom. The molecule has 0 radical (unpaired) electrons. The summed E-state index contributed by atoms with van der Waals surface area (Å²) in [5.41, 5.74) is 3.22. The van der Waals surface area contributed by atoms with Crippen molar-refractivity contribution in [3.63, 3.8) is 0 Å². The average molecular weight is 289 g/mol. The lowest BCUT2D eigenvalue weighted by Gasteiger charge is -2.15. The van der Waals surface area contributed by atoms with Gasteiger partial charge in [-0.05, 0) is 53.8 Å². The first kappa shape index (κ1) is 14.6. The third-order valence-electron chi connectivity index (χ3n) is 3.48. The van der Waals surface area contributed by atoms with Gasteiger partial charge in [-0.2, -0.15) is 0 Å². The van der Waals surface area contributed by atoms with E-state index >= 15 is 0 Å². The molecule has 0 aliphatic heterocycles. The van der Waals surface area contributed by atoms with Gasteiger partial charge in [-0.3, -0.25) is 4.79 Å². The minimum atomic E-state index is -0.335. The summed E-state index contributed by atoms with van der Waals surface area (Å²) in [6, 6.07) is 15.5. The molecule has 0 spiro atoms. The highest BCUT2D eigenvalue weighted by atomic mass is 35.5. The Morgan fingerprint density at radius 1 is 1.15 bits per heavy atom. The topological polar surface area (TPSA) is 26.3 Å². The summed E-state index contributed by atoms with van der Waals surface area (Å²) in [7, 11) is 1.62. The Labute approximate surface area is 124 Å². The molecule has 20 heavy (non-hydrogen) atoms. The molecule has 1 atom stereocenters. The summed E-state index contributed by atoms with van der Waals surface area (Å²) in [5, 5.41) is -0.335. The van der Waals surface area contributed by atoms with Crippen molar-refractivity contribution in [1.29, 1.82) is 0 Å². The van der Waals surface area contributed by atoms with Gasteiger partial charge >= 0.3 is 0 Å². The third-order valence-corrected chi connectivity index (χ3v) is 3.74. The molecule has 0 bridgehead atoms. The zero-order valence-electron chi connectivity index (χ0n) is 11.6. The van der Waals surface area contributed by atoms with E-state index in [1.807, 2.05) is 55.5 Å². The number of hydrogen-bond donors (Lipinski definition) is 0. The summed E-state index contributed by atoms with van der Waals surface area (Å²) in [6.45, 7) is 2.04. The second kappa shape index (κ2) is 6.58. The summed E-state index contributed by atoms with van der Waals surface area (Å²) < 4.78 is 5.13. The third kappa shape index (κ3) is 3.40. The summed E-state index contributed by atoms with van der Waals surface area (Å²) in [6.07, 6.45) is 0.612. The highest BCUT2D eigenvalue weighted by Crippen LogP contribution is 2.26. The number of methoxy groups -OCH3 is 1. The minimum Gasteiger partial charge on any atom is -0.497 e. The molecule has 0 aliphatic carbocycles. The number of aryl methyl sites for hydroxylation is 1. The van der Waals surface area contributed by atoms with Crippen molar-refractivity contribution >= 4 is 16.8 Å². The first-order chi connectivity index (χ1) is 9.61. The molecular weight excluding hydrogens is 272 g/mol. The SMILES string of the molecule is COc1ccc(C(Cc2ccccc2C)C(=O)Cl)cc1. The van der Waals surface area contributed by atoms with Crippen LogP contribution in [0.15, 0.2) is 48.5 Å². The summed E-state index contributed by atoms with van der Waals surface area (Å²) >= 11 is 5.78. The van der Waals surface area contributed by atoms with Crippen LogP contribution in [0.25, 0.3) is 0 Å². The molecule has 3 heteroatoms. The maximum absolute atomic E-state index is 11.7. The van der Waals surface area contributed by atoms with Crippen LogP contribution in [0.2, 0.25) is 0 Å². The van der Waals surface area contributed by atoms with Crippen LogP contribution in [-0.4, -0.2) is 12.4 Å². The van der Waals surface area contributed by atoms with Crippen molar-refractivity contribution in [2.75, 3.05) is 7.11 Å². The predicted octanol–water partition coefficient (Wildman–Crippen LogP) is 4.10. The molecule has 2 aromatic carbocycles. The van der Waals surface area contributed by atoms with E-state index < -0.39 is 0 Å². The van der Waals surface area contributed by atoms with Crippen LogP contribution < -0.4 is 4.74 Å². The standard InChI is InChI=1S/C17H17ClO2/c1-12-5-3-4-6-14(12)11-16(17(18)19)13-7-9-15(20-2)10-8-13/h3-10,16H,11H2,1-2H3. The maximum Gasteiger partial charge on any atom is 0.229 e. The van der Waals surface area contributed by atoms with Gasteiger partial charge in [-0.1, -0.05) is 36.4 Å². The first-order valence-electron chi connectivity index (χ1n) is 6.49. The van der Waals surface area contributed by atoms with Gasteiger partial charge in [0.1, 0.15) is 5.75 Å². The molecule has 0 N–H and O–H groups in total. The monoisotopic (exact) mass is 288 g/mol.